The highest BCUT2D eigenvalue weighted by molar-refractivity contribution is 5.64. The van der Waals surface area contributed by atoms with Crippen LogP contribution in [0.3, 0.4) is 0 Å². The van der Waals surface area contributed by atoms with Crippen molar-refractivity contribution < 1.29 is 14.4 Å². The molecule has 3 aromatic carbocycles. The van der Waals surface area contributed by atoms with Crippen LogP contribution in [0.15, 0.2) is 91.3 Å². The Labute approximate surface area is 215 Å². The van der Waals surface area contributed by atoms with E-state index in [4.69, 9.17) is 9.47 Å². The summed E-state index contributed by atoms with van der Waals surface area (Å²) >= 11 is 0. The van der Waals surface area contributed by atoms with Crippen molar-refractivity contribution in [3.63, 3.8) is 0 Å². The molecule has 1 fully saturated rings. The molecule has 0 bridgehead atoms. The molecule has 0 N–H and O–H groups in total. The van der Waals surface area contributed by atoms with Gasteiger partial charge in [-0.05, 0) is 23.3 Å². The van der Waals surface area contributed by atoms with E-state index in [0.29, 0.717) is 37.7 Å². The molecule has 2 heterocycles. The van der Waals surface area contributed by atoms with Crippen LogP contribution in [0.25, 0.3) is 0 Å². The van der Waals surface area contributed by atoms with Crippen LogP contribution in [0.5, 0.6) is 17.4 Å². The lowest BCUT2D eigenvalue weighted by Crippen LogP contribution is -2.48. The second-order valence-corrected chi connectivity index (χ2v) is 8.61. The lowest BCUT2D eigenvalue weighted by molar-refractivity contribution is -0.385. The van der Waals surface area contributed by atoms with Crippen LogP contribution in [-0.4, -0.2) is 53.1 Å². The predicted molar refractivity (Wildman–Crippen MR) is 140 cm³/mol. The Morgan fingerprint density at radius 2 is 1.38 bits per heavy atom. The summed E-state index contributed by atoms with van der Waals surface area (Å²) in [4.78, 5) is 24.4. The van der Waals surface area contributed by atoms with Gasteiger partial charge in [-0.25, -0.2) is 4.98 Å². The summed E-state index contributed by atoms with van der Waals surface area (Å²) in [5, 5.41) is 12.1. The molecule has 0 spiro atoms. The number of nitro groups is 1. The van der Waals surface area contributed by atoms with Crippen LogP contribution < -0.4 is 14.4 Å². The summed E-state index contributed by atoms with van der Waals surface area (Å²) in [6.45, 7) is 2.56. The van der Waals surface area contributed by atoms with Gasteiger partial charge in [-0.1, -0.05) is 72.8 Å². The Hall–Kier alpha value is -4.50. The van der Waals surface area contributed by atoms with Gasteiger partial charge in [0.1, 0.15) is 6.33 Å². The lowest BCUT2D eigenvalue weighted by Gasteiger charge is -2.40. The van der Waals surface area contributed by atoms with Gasteiger partial charge in [0.2, 0.25) is 5.82 Å². The van der Waals surface area contributed by atoms with Crippen molar-refractivity contribution in [2.45, 2.75) is 6.04 Å². The molecule has 0 amide bonds. The molecule has 0 unspecified atom stereocenters. The maximum atomic E-state index is 12.1. The minimum atomic E-state index is -0.483. The van der Waals surface area contributed by atoms with E-state index in [-0.39, 0.29) is 23.4 Å². The molecule has 37 heavy (non-hydrogen) atoms. The van der Waals surface area contributed by atoms with Crippen molar-refractivity contribution in [1.29, 1.82) is 0 Å². The van der Waals surface area contributed by atoms with E-state index in [2.05, 4.69) is 63.4 Å². The number of nitrogens with zero attached hydrogens (tertiary/aromatic N) is 5. The number of ether oxygens (including phenoxy) is 2. The molecule has 188 valence electrons. The van der Waals surface area contributed by atoms with E-state index in [0.717, 1.165) is 0 Å². The van der Waals surface area contributed by atoms with Gasteiger partial charge in [0.25, 0.3) is 0 Å². The van der Waals surface area contributed by atoms with E-state index < -0.39 is 4.92 Å². The number of anilines is 1. The van der Waals surface area contributed by atoms with E-state index in [1.54, 1.807) is 24.3 Å². The smallest absolute Gasteiger partial charge is 0.373 e. The fourth-order valence-corrected chi connectivity index (χ4v) is 4.70. The molecular weight excluding hydrogens is 470 g/mol. The van der Waals surface area contributed by atoms with E-state index in [1.165, 1.54) is 24.6 Å². The largest absolute Gasteiger partial charge is 0.493 e. The molecule has 0 radical (unpaired) electrons. The quantitative estimate of drug-likeness (QED) is 0.245. The van der Waals surface area contributed by atoms with Gasteiger partial charge in [0.05, 0.1) is 18.1 Å². The number of aromatic nitrogens is 2. The average Bonchev–Trinajstić information content (AvgIpc) is 2.95. The van der Waals surface area contributed by atoms with Crippen LogP contribution in [0.2, 0.25) is 0 Å². The Morgan fingerprint density at radius 3 is 1.95 bits per heavy atom. The maximum Gasteiger partial charge on any atom is 0.373 e. The topological polar surface area (TPSA) is 93.9 Å². The van der Waals surface area contributed by atoms with E-state index in [9.17, 15) is 10.1 Å². The molecular formula is C28H27N5O4. The number of piperazine rings is 1. The highest BCUT2D eigenvalue weighted by Crippen LogP contribution is 2.39. The van der Waals surface area contributed by atoms with Gasteiger partial charge >= 0.3 is 11.6 Å². The van der Waals surface area contributed by atoms with Gasteiger partial charge in [0.15, 0.2) is 11.5 Å². The zero-order valence-electron chi connectivity index (χ0n) is 20.4. The molecule has 9 nitrogen and oxygen atoms in total. The van der Waals surface area contributed by atoms with Crippen LogP contribution in [0, 0.1) is 10.1 Å². The van der Waals surface area contributed by atoms with Crippen LogP contribution in [0.1, 0.15) is 17.2 Å². The Morgan fingerprint density at radius 1 is 0.811 bits per heavy atom. The molecule has 0 saturated carbocycles. The Bertz CT molecular complexity index is 1310. The molecule has 1 aliphatic rings. The number of hydrogen-bond donors (Lipinski definition) is 0. The fourth-order valence-electron chi connectivity index (χ4n) is 4.70. The van der Waals surface area contributed by atoms with Crippen molar-refractivity contribution in [2.24, 2.45) is 0 Å². The van der Waals surface area contributed by atoms with E-state index in [1.807, 2.05) is 17.0 Å². The molecule has 1 aliphatic heterocycles. The fraction of sp³-hybridized carbons (Fsp3) is 0.214. The van der Waals surface area contributed by atoms with Gasteiger partial charge in [-0.2, -0.15) is 4.98 Å². The molecule has 0 aliphatic carbocycles. The summed E-state index contributed by atoms with van der Waals surface area (Å²) in [7, 11) is 1.51. The SMILES string of the molecule is COc1ccccc1Oc1ncnc(N2CCN(C(c3ccccc3)c3ccccc3)CC2)c1[N+](=O)[O-]. The average molecular weight is 498 g/mol. The van der Waals surface area contributed by atoms with Gasteiger partial charge in [-0.3, -0.25) is 15.0 Å². The maximum absolute atomic E-state index is 12.1. The first-order valence-electron chi connectivity index (χ1n) is 12.0. The standard InChI is InChI=1S/C28H27N5O4/c1-36-23-14-8-9-15-24(23)37-28-26(33(34)35)27(29-20-30-28)32-18-16-31(17-19-32)25(21-10-4-2-5-11-21)22-12-6-3-7-13-22/h2-15,20,25H,16-19H2,1H3. The molecule has 4 aromatic rings. The van der Waals surface area contributed by atoms with E-state index >= 15 is 0 Å². The summed E-state index contributed by atoms with van der Waals surface area (Å²) in [6, 6.07) is 27.8. The second kappa shape index (κ2) is 11.0. The number of para-hydroxylation sites is 2. The minimum Gasteiger partial charge on any atom is -0.493 e. The lowest BCUT2D eigenvalue weighted by atomic mass is 9.96. The number of benzene rings is 3. The molecule has 1 aromatic heterocycles. The molecule has 1 saturated heterocycles. The second-order valence-electron chi connectivity index (χ2n) is 8.61. The Balaban J connectivity index is 1.40. The van der Waals surface area contributed by atoms with Gasteiger partial charge in [-0.15, -0.1) is 0 Å². The van der Waals surface area contributed by atoms with Gasteiger partial charge in [0, 0.05) is 26.2 Å². The van der Waals surface area contributed by atoms with Crippen LogP contribution >= 0.6 is 0 Å². The summed E-state index contributed by atoms with van der Waals surface area (Å²) in [5.74, 6) is 0.934. The Kier molecular flexibility index (Phi) is 7.23. The third-order valence-electron chi connectivity index (χ3n) is 6.44. The molecule has 5 rings (SSSR count). The number of hydrogen-bond acceptors (Lipinski definition) is 8. The van der Waals surface area contributed by atoms with Crippen molar-refractivity contribution in [1.82, 2.24) is 14.9 Å². The third-order valence-corrected chi connectivity index (χ3v) is 6.44. The number of methoxy groups -OCH3 is 1. The summed E-state index contributed by atoms with van der Waals surface area (Å²) < 4.78 is 11.2. The zero-order chi connectivity index (χ0) is 25.6. The zero-order valence-corrected chi connectivity index (χ0v) is 20.4. The monoisotopic (exact) mass is 497 g/mol. The first-order chi connectivity index (χ1) is 18.2. The predicted octanol–water partition coefficient (Wildman–Crippen LogP) is 5.10. The summed E-state index contributed by atoms with van der Waals surface area (Å²) in [5.41, 5.74) is 2.16. The minimum absolute atomic E-state index is 0.0920. The highest BCUT2D eigenvalue weighted by atomic mass is 16.6. The molecule has 0 atom stereocenters. The highest BCUT2D eigenvalue weighted by Gasteiger charge is 2.33. The van der Waals surface area contributed by atoms with Gasteiger partial charge < -0.3 is 14.4 Å². The first kappa shape index (κ1) is 24.2. The van der Waals surface area contributed by atoms with Crippen molar-refractivity contribution in [2.75, 3.05) is 38.2 Å². The number of rotatable bonds is 8. The first-order valence-corrected chi connectivity index (χ1v) is 12.0. The summed E-state index contributed by atoms with van der Waals surface area (Å²) in [6.07, 6.45) is 1.30. The van der Waals surface area contributed by atoms with Crippen LogP contribution in [-0.2, 0) is 0 Å². The van der Waals surface area contributed by atoms with Crippen molar-refractivity contribution >= 4 is 11.5 Å². The van der Waals surface area contributed by atoms with Crippen LogP contribution in [0.4, 0.5) is 11.5 Å². The van der Waals surface area contributed by atoms with Crippen molar-refractivity contribution in [3.8, 4) is 17.4 Å². The normalized spacial score (nSPS) is 13.9. The third kappa shape index (κ3) is 5.22. The molecule has 9 heteroatoms. The van der Waals surface area contributed by atoms with Crippen molar-refractivity contribution in [3.05, 3.63) is 112 Å².